The molecule has 0 bridgehead atoms. The highest BCUT2D eigenvalue weighted by molar-refractivity contribution is 6.30. The third-order valence-electron chi connectivity index (χ3n) is 5.07. The number of ether oxygens (including phenoxy) is 2. The standard InChI is InChI=1S/C26H21ClF3N3O3/c1-17-24(25(33(2)32-17)36-23-13-7-20(27)8-14-23)15-31-34-16-18-3-9-21(10-4-18)35-22-11-5-19(6-12-22)26(28,29)30/h3-15H,16H2,1-2H3. The van der Waals surface area contributed by atoms with Gasteiger partial charge in [0.1, 0.15) is 23.9 Å². The van der Waals surface area contributed by atoms with Crippen LogP contribution in [0.25, 0.3) is 0 Å². The number of hydrogen-bond donors (Lipinski definition) is 0. The Bertz CT molecular complexity index is 1330. The van der Waals surface area contributed by atoms with Crippen LogP contribution in [-0.4, -0.2) is 16.0 Å². The van der Waals surface area contributed by atoms with E-state index in [2.05, 4.69) is 10.3 Å². The molecule has 0 amide bonds. The number of benzene rings is 3. The maximum Gasteiger partial charge on any atom is 0.416 e. The molecule has 0 aliphatic heterocycles. The van der Waals surface area contributed by atoms with E-state index in [1.54, 1.807) is 60.3 Å². The predicted octanol–water partition coefficient (Wildman–Crippen LogP) is 7.54. The molecule has 0 radical (unpaired) electrons. The van der Waals surface area contributed by atoms with E-state index in [9.17, 15) is 13.2 Å². The molecule has 1 heterocycles. The topological polar surface area (TPSA) is 57.9 Å². The van der Waals surface area contributed by atoms with Crippen LogP contribution in [0.15, 0.2) is 78.0 Å². The third kappa shape index (κ3) is 6.37. The highest BCUT2D eigenvalue weighted by atomic mass is 35.5. The summed E-state index contributed by atoms with van der Waals surface area (Å²) in [5, 5.41) is 9.02. The summed E-state index contributed by atoms with van der Waals surface area (Å²) in [6.45, 7) is 2.04. The number of rotatable bonds is 8. The van der Waals surface area contributed by atoms with E-state index in [-0.39, 0.29) is 6.61 Å². The van der Waals surface area contributed by atoms with Crippen LogP contribution in [0.3, 0.4) is 0 Å². The molecule has 0 aliphatic rings. The van der Waals surface area contributed by atoms with Gasteiger partial charge in [-0.15, -0.1) is 0 Å². The Kier molecular flexibility index (Phi) is 7.49. The van der Waals surface area contributed by atoms with Gasteiger partial charge in [-0.3, -0.25) is 0 Å². The van der Waals surface area contributed by atoms with Gasteiger partial charge in [-0.25, -0.2) is 4.68 Å². The van der Waals surface area contributed by atoms with Crippen molar-refractivity contribution < 1.29 is 27.5 Å². The van der Waals surface area contributed by atoms with Gasteiger partial charge in [0.25, 0.3) is 0 Å². The van der Waals surface area contributed by atoms with Crippen molar-refractivity contribution in [2.75, 3.05) is 0 Å². The average molecular weight is 516 g/mol. The number of aryl methyl sites for hydroxylation is 2. The Balaban J connectivity index is 1.34. The Hall–Kier alpha value is -3.98. The number of oxime groups is 1. The Morgan fingerprint density at radius 2 is 1.44 bits per heavy atom. The van der Waals surface area contributed by atoms with Gasteiger partial charge in [-0.2, -0.15) is 18.3 Å². The molecule has 186 valence electrons. The minimum absolute atomic E-state index is 0.198. The lowest BCUT2D eigenvalue weighted by Gasteiger charge is -2.09. The van der Waals surface area contributed by atoms with Gasteiger partial charge in [0.2, 0.25) is 5.88 Å². The average Bonchev–Trinajstić information content (AvgIpc) is 3.11. The maximum atomic E-state index is 12.7. The Labute approximate surface area is 210 Å². The first kappa shape index (κ1) is 25.1. The van der Waals surface area contributed by atoms with Gasteiger partial charge < -0.3 is 14.3 Å². The van der Waals surface area contributed by atoms with Gasteiger partial charge in [0, 0.05) is 12.1 Å². The van der Waals surface area contributed by atoms with Crippen LogP contribution in [0.5, 0.6) is 23.1 Å². The summed E-state index contributed by atoms with van der Waals surface area (Å²) in [5.41, 5.74) is 1.49. The molecule has 0 aliphatic carbocycles. The molecule has 0 fully saturated rings. The van der Waals surface area contributed by atoms with Crippen molar-refractivity contribution in [1.29, 1.82) is 0 Å². The second kappa shape index (κ2) is 10.7. The van der Waals surface area contributed by atoms with Crippen LogP contribution in [0.4, 0.5) is 13.2 Å². The molecule has 0 saturated carbocycles. The van der Waals surface area contributed by atoms with Crippen molar-refractivity contribution in [3.8, 4) is 23.1 Å². The van der Waals surface area contributed by atoms with E-state index in [1.807, 2.05) is 6.92 Å². The molecule has 0 spiro atoms. The normalized spacial score (nSPS) is 11.6. The van der Waals surface area contributed by atoms with Gasteiger partial charge in [-0.05, 0) is 73.2 Å². The van der Waals surface area contributed by atoms with Crippen molar-refractivity contribution in [2.24, 2.45) is 12.2 Å². The van der Waals surface area contributed by atoms with E-state index in [0.717, 1.165) is 23.4 Å². The molecule has 10 heteroatoms. The van der Waals surface area contributed by atoms with E-state index >= 15 is 0 Å². The first-order valence-corrected chi connectivity index (χ1v) is 11.1. The largest absolute Gasteiger partial charge is 0.457 e. The SMILES string of the molecule is Cc1nn(C)c(Oc2ccc(Cl)cc2)c1C=NOCc1ccc(Oc2ccc(C(F)(F)F)cc2)cc1. The van der Waals surface area contributed by atoms with Crippen LogP contribution in [0.2, 0.25) is 5.02 Å². The maximum absolute atomic E-state index is 12.7. The molecule has 3 aromatic carbocycles. The van der Waals surface area contributed by atoms with E-state index in [0.29, 0.717) is 33.7 Å². The van der Waals surface area contributed by atoms with Crippen LogP contribution in [-0.2, 0) is 24.7 Å². The highest BCUT2D eigenvalue weighted by Gasteiger charge is 2.30. The lowest BCUT2D eigenvalue weighted by molar-refractivity contribution is -0.137. The first-order valence-electron chi connectivity index (χ1n) is 10.8. The molecule has 1 aromatic heterocycles. The quantitative estimate of drug-likeness (QED) is 0.180. The molecule has 0 N–H and O–H groups in total. The van der Waals surface area contributed by atoms with Crippen molar-refractivity contribution >= 4 is 17.8 Å². The number of alkyl halides is 3. The fraction of sp³-hybridized carbons (Fsp3) is 0.154. The Morgan fingerprint density at radius 1 is 0.889 bits per heavy atom. The molecule has 0 saturated heterocycles. The van der Waals surface area contributed by atoms with Crippen molar-refractivity contribution in [3.63, 3.8) is 0 Å². The number of nitrogens with zero attached hydrogens (tertiary/aromatic N) is 3. The first-order chi connectivity index (χ1) is 17.2. The van der Waals surface area contributed by atoms with Gasteiger partial charge in [0.15, 0.2) is 0 Å². The second-order valence-electron chi connectivity index (χ2n) is 7.76. The van der Waals surface area contributed by atoms with Gasteiger partial charge in [0.05, 0.1) is 23.0 Å². The third-order valence-corrected chi connectivity index (χ3v) is 5.32. The second-order valence-corrected chi connectivity index (χ2v) is 8.20. The van der Waals surface area contributed by atoms with Crippen molar-refractivity contribution in [2.45, 2.75) is 19.7 Å². The molecular weight excluding hydrogens is 495 g/mol. The molecule has 36 heavy (non-hydrogen) atoms. The number of halogens is 4. The number of aromatic nitrogens is 2. The van der Waals surface area contributed by atoms with Crippen LogP contribution in [0.1, 0.15) is 22.4 Å². The highest BCUT2D eigenvalue weighted by Crippen LogP contribution is 2.31. The zero-order valence-corrected chi connectivity index (χ0v) is 20.0. The van der Waals surface area contributed by atoms with Crippen LogP contribution >= 0.6 is 11.6 Å². The van der Waals surface area contributed by atoms with Gasteiger partial charge >= 0.3 is 6.18 Å². The smallest absolute Gasteiger partial charge is 0.416 e. The summed E-state index contributed by atoms with van der Waals surface area (Å²) >= 11 is 5.93. The van der Waals surface area contributed by atoms with E-state index < -0.39 is 11.7 Å². The molecule has 0 atom stereocenters. The molecule has 6 nitrogen and oxygen atoms in total. The van der Waals surface area contributed by atoms with Crippen LogP contribution in [0, 0.1) is 6.92 Å². The molecule has 0 unspecified atom stereocenters. The fourth-order valence-electron chi connectivity index (χ4n) is 3.24. The van der Waals surface area contributed by atoms with Crippen molar-refractivity contribution in [3.05, 3.63) is 100 Å². The summed E-state index contributed by atoms with van der Waals surface area (Å²) in [5.74, 6) is 1.90. The minimum atomic E-state index is -4.39. The zero-order valence-electron chi connectivity index (χ0n) is 19.3. The lowest BCUT2D eigenvalue weighted by atomic mass is 10.2. The molecule has 4 rings (SSSR count). The number of hydrogen-bond acceptors (Lipinski definition) is 5. The summed E-state index contributed by atoms with van der Waals surface area (Å²) in [4.78, 5) is 5.42. The van der Waals surface area contributed by atoms with E-state index in [4.69, 9.17) is 25.9 Å². The van der Waals surface area contributed by atoms with Gasteiger partial charge in [-0.1, -0.05) is 28.9 Å². The van der Waals surface area contributed by atoms with Crippen LogP contribution < -0.4 is 9.47 Å². The Morgan fingerprint density at radius 3 is 2.06 bits per heavy atom. The van der Waals surface area contributed by atoms with Crippen molar-refractivity contribution in [1.82, 2.24) is 9.78 Å². The lowest BCUT2D eigenvalue weighted by Crippen LogP contribution is -2.03. The van der Waals surface area contributed by atoms with E-state index in [1.165, 1.54) is 18.3 Å². The summed E-state index contributed by atoms with van der Waals surface area (Å²) in [7, 11) is 1.77. The predicted molar refractivity (Wildman–Crippen MR) is 130 cm³/mol. The molecule has 4 aromatic rings. The summed E-state index contributed by atoms with van der Waals surface area (Å²) in [6, 6.07) is 18.4. The molecular formula is C26H21ClF3N3O3. The summed E-state index contributed by atoms with van der Waals surface area (Å²) < 4.78 is 51.2. The minimum Gasteiger partial charge on any atom is -0.457 e. The monoisotopic (exact) mass is 515 g/mol. The zero-order chi connectivity index (χ0) is 25.7. The fourth-order valence-corrected chi connectivity index (χ4v) is 3.37. The summed E-state index contributed by atoms with van der Waals surface area (Å²) in [6.07, 6.45) is -2.85.